The topological polar surface area (TPSA) is 58.6 Å². The monoisotopic (exact) mass is 271 g/mol. The number of carbonyl (C=O) groups excluding carboxylic acids is 1. The van der Waals surface area contributed by atoms with Crippen molar-refractivity contribution in [2.75, 3.05) is 13.7 Å². The maximum atomic E-state index is 11.1. The number of hydrogen-bond acceptors (Lipinski definition) is 5. The Labute approximate surface area is 112 Å². The average molecular weight is 271 g/mol. The van der Waals surface area contributed by atoms with Gasteiger partial charge >= 0.3 is 5.97 Å². The van der Waals surface area contributed by atoms with Crippen molar-refractivity contribution in [2.24, 2.45) is 0 Å². The first kappa shape index (κ1) is 15.1. The van der Waals surface area contributed by atoms with Crippen LogP contribution in [0, 0.1) is 0 Å². The van der Waals surface area contributed by atoms with Gasteiger partial charge in [-0.3, -0.25) is 4.79 Å². The molecule has 1 rings (SSSR count). The van der Waals surface area contributed by atoms with Crippen LogP contribution in [0.25, 0.3) is 0 Å². The Morgan fingerprint density at radius 2 is 2.22 bits per heavy atom. The molecule has 18 heavy (non-hydrogen) atoms. The van der Waals surface area contributed by atoms with Crippen molar-refractivity contribution in [2.45, 2.75) is 38.8 Å². The number of thiophene rings is 1. The first-order chi connectivity index (χ1) is 8.61. The van der Waals surface area contributed by atoms with Crippen LogP contribution in [0.1, 0.15) is 29.5 Å². The maximum Gasteiger partial charge on any atom is 0.310 e. The smallest absolute Gasteiger partial charge is 0.310 e. The number of methoxy groups -OCH3 is 1. The van der Waals surface area contributed by atoms with Crippen LogP contribution in [0.3, 0.4) is 0 Å². The van der Waals surface area contributed by atoms with E-state index in [-0.39, 0.29) is 12.1 Å². The number of hydrogen-bond donors (Lipinski definition) is 2. The third kappa shape index (κ3) is 6.14. The molecule has 0 aliphatic carbocycles. The van der Waals surface area contributed by atoms with Gasteiger partial charge in [-0.15, -0.1) is 11.3 Å². The van der Waals surface area contributed by atoms with Gasteiger partial charge in [0, 0.05) is 16.3 Å². The van der Waals surface area contributed by atoms with Crippen molar-refractivity contribution >= 4 is 17.3 Å². The molecule has 1 aromatic heterocycles. The SMILES string of the molecule is COC(=O)Cc1ccc(CNCCCC(C)O)s1. The fourth-order valence-corrected chi connectivity index (χ4v) is 2.53. The van der Waals surface area contributed by atoms with Crippen LogP contribution in [0.2, 0.25) is 0 Å². The Balaban J connectivity index is 2.21. The fourth-order valence-electron chi connectivity index (χ4n) is 1.56. The molecule has 1 unspecified atom stereocenters. The summed E-state index contributed by atoms with van der Waals surface area (Å²) in [4.78, 5) is 13.3. The highest BCUT2D eigenvalue weighted by atomic mass is 32.1. The summed E-state index contributed by atoms with van der Waals surface area (Å²) in [6, 6.07) is 4.00. The van der Waals surface area contributed by atoms with Gasteiger partial charge in [0.2, 0.25) is 0 Å². The highest BCUT2D eigenvalue weighted by Crippen LogP contribution is 2.17. The zero-order valence-electron chi connectivity index (χ0n) is 10.9. The van der Waals surface area contributed by atoms with Gasteiger partial charge in [-0.25, -0.2) is 0 Å². The molecule has 2 N–H and O–H groups in total. The van der Waals surface area contributed by atoms with E-state index in [9.17, 15) is 4.79 Å². The largest absolute Gasteiger partial charge is 0.469 e. The van der Waals surface area contributed by atoms with Gasteiger partial charge in [0.25, 0.3) is 0 Å². The second kappa shape index (κ2) is 8.24. The average Bonchev–Trinajstić information content (AvgIpc) is 2.75. The van der Waals surface area contributed by atoms with Crippen LogP contribution in [-0.4, -0.2) is 30.8 Å². The van der Waals surface area contributed by atoms with E-state index in [1.165, 1.54) is 12.0 Å². The Morgan fingerprint density at radius 1 is 1.50 bits per heavy atom. The van der Waals surface area contributed by atoms with Crippen LogP contribution in [0.15, 0.2) is 12.1 Å². The number of ether oxygens (including phenoxy) is 1. The van der Waals surface area contributed by atoms with Crippen LogP contribution in [0.4, 0.5) is 0 Å². The number of aliphatic hydroxyl groups excluding tert-OH is 1. The second-order valence-corrected chi connectivity index (χ2v) is 5.54. The van der Waals surface area contributed by atoms with Crippen LogP contribution in [0.5, 0.6) is 0 Å². The Hall–Kier alpha value is -0.910. The van der Waals surface area contributed by atoms with Gasteiger partial charge in [0.15, 0.2) is 0 Å². The van der Waals surface area contributed by atoms with Crippen molar-refractivity contribution in [3.05, 3.63) is 21.9 Å². The highest BCUT2D eigenvalue weighted by Gasteiger charge is 2.05. The van der Waals surface area contributed by atoms with Crippen molar-refractivity contribution < 1.29 is 14.6 Å². The molecule has 1 heterocycles. The second-order valence-electron chi connectivity index (χ2n) is 4.29. The standard InChI is InChI=1S/C13H21NO3S/c1-10(15)4-3-7-14-9-12-6-5-11(18-12)8-13(16)17-2/h5-6,10,14-15H,3-4,7-9H2,1-2H3. The van der Waals surface area contributed by atoms with Gasteiger partial charge in [-0.2, -0.15) is 0 Å². The van der Waals surface area contributed by atoms with E-state index in [0.29, 0.717) is 6.42 Å². The Kier molecular flexibility index (Phi) is 6.93. The van der Waals surface area contributed by atoms with Crippen molar-refractivity contribution in [3.8, 4) is 0 Å². The summed E-state index contributed by atoms with van der Waals surface area (Å²) < 4.78 is 4.63. The molecule has 0 amide bonds. The molecule has 1 aromatic rings. The van der Waals surface area contributed by atoms with E-state index >= 15 is 0 Å². The Bertz CT molecular complexity index is 363. The molecular weight excluding hydrogens is 250 g/mol. The molecule has 0 aliphatic heterocycles. The fraction of sp³-hybridized carbons (Fsp3) is 0.615. The van der Waals surface area contributed by atoms with E-state index in [1.807, 2.05) is 12.1 Å². The quantitative estimate of drug-likeness (QED) is 0.558. The molecular formula is C13H21NO3S. The van der Waals surface area contributed by atoms with Gasteiger partial charge in [0.1, 0.15) is 0 Å². The van der Waals surface area contributed by atoms with E-state index in [1.54, 1.807) is 18.3 Å². The summed E-state index contributed by atoms with van der Waals surface area (Å²) in [7, 11) is 1.40. The molecule has 0 saturated carbocycles. The first-order valence-corrected chi connectivity index (χ1v) is 6.96. The zero-order chi connectivity index (χ0) is 13.4. The van der Waals surface area contributed by atoms with E-state index < -0.39 is 0 Å². The molecule has 0 aromatic carbocycles. The summed E-state index contributed by atoms with van der Waals surface area (Å²) in [6.45, 7) is 3.51. The van der Waals surface area contributed by atoms with Crippen molar-refractivity contribution in [1.29, 1.82) is 0 Å². The molecule has 0 saturated heterocycles. The minimum Gasteiger partial charge on any atom is -0.469 e. The van der Waals surface area contributed by atoms with E-state index in [0.717, 1.165) is 30.8 Å². The lowest BCUT2D eigenvalue weighted by atomic mass is 10.2. The summed E-state index contributed by atoms with van der Waals surface area (Å²) in [5, 5.41) is 12.4. The normalized spacial score (nSPS) is 12.4. The third-order valence-electron chi connectivity index (χ3n) is 2.54. The molecule has 0 spiro atoms. The number of nitrogens with one attached hydrogen (secondary N) is 1. The Morgan fingerprint density at radius 3 is 2.89 bits per heavy atom. The number of aliphatic hydroxyl groups is 1. The van der Waals surface area contributed by atoms with Crippen LogP contribution < -0.4 is 5.32 Å². The lowest BCUT2D eigenvalue weighted by Gasteiger charge is -2.04. The predicted octanol–water partition coefficient (Wildman–Crippen LogP) is 1.71. The molecule has 102 valence electrons. The van der Waals surface area contributed by atoms with Gasteiger partial charge in [0.05, 0.1) is 19.6 Å². The predicted molar refractivity (Wildman–Crippen MR) is 72.7 cm³/mol. The number of esters is 1. The minimum atomic E-state index is -0.222. The lowest BCUT2D eigenvalue weighted by molar-refractivity contribution is -0.139. The summed E-state index contributed by atoms with van der Waals surface area (Å²) in [6.07, 6.45) is 1.92. The third-order valence-corrected chi connectivity index (χ3v) is 3.62. The molecule has 0 fully saturated rings. The summed E-state index contributed by atoms with van der Waals surface area (Å²) >= 11 is 1.63. The molecule has 0 bridgehead atoms. The highest BCUT2D eigenvalue weighted by molar-refractivity contribution is 7.12. The van der Waals surface area contributed by atoms with Gasteiger partial charge < -0.3 is 15.2 Å². The minimum absolute atomic E-state index is 0.201. The molecule has 4 nitrogen and oxygen atoms in total. The van der Waals surface area contributed by atoms with Crippen molar-refractivity contribution in [1.82, 2.24) is 5.32 Å². The van der Waals surface area contributed by atoms with Gasteiger partial charge in [-0.1, -0.05) is 0 Å². The summed E-state index contributed by atoms with van der Waals surface area (Å²) in [5.74, 6) is -0.201. The molecule has 0 radical (unpaired) electrons. The number of carbonyl (C=O) groups is 1. The molecule has 0 aliphatic rings. The maximum absolute atomic E-state index is 11.1. The van der Waals surface area contributed by atoms with Gasteiger partial charge in [-0.05, 0) is 38.4 Å². The van der Waals surface area contributed by atoms with Crippen LogP contribution in [-0.2, 0) is 22.5 Å². The molecule has 1 atom stereocenters. The van der Waals surface area contributed by atoms with Crippen LogP contribution >= 0.6 is 11.3 Å². The summed E-state index contributed by atoms with van der Waals surface area (Å²) in [5.41, 5.74) is 0. The lowest BCUT2D eigenvalue weighted by Crippen LogP contribution is -2.15. The van der Waals surface area contributed by atoms with E-state index in [4.69, 9.17) is 5.11 Å². The van der Waals surface area contributed by atoms with E-state index in [2.05, 4.69) is 10.1 Å². The zero-order valence-corrected chi connectivity index (χ0v) is 11.8. The van der Waals surface area contributed by atoms with Crippen molar-refractivity contribution in [3.63, 3.8) is 0 Å². The first-order valence-electron chi connectivity index (χ1n) is 6.15. The molecule has 5 heteroatoms. The number of rotatable bonds is 8.